The van der Waals surface area contributed by atoms with Gasteiger partial charge < -0.3 is 9.47 Å². The molecule has 2 atom stereocenters. The van der Waals surface area contributed by atoms with E-state index in [1.54, 1.807) is 0 Å². The molecule has 2 nitrogen and oxygen atoms in total. The van der Waals surface area contributed by atoms with Crippen molar-refractivity contribution in [3.05, 3.63) is 71.8 Å². The zero-order valence-electron chi connectivity index (χ0n) is 12.7. The predicted octanol–water partition coefficient (Wildman–Crippen LogP) is 5.03. The summed E-state index contributed by atoms with van der Waals surface area (Å²) in [4.78, 5) is 0. The molecule has 110 valence electrons. The van der Waals surface area contributed by atoms with Gasteiger partial charge in [0.15, 0.2) is 5.79 Å². The highest BCUT2D eigenvalue weighted by Crippen LogP contribution is 2.49. The first-order valence-corrected chi connectivity index (χ1v) is 7.73. The molecule has 21 heavy (non-hydrogen) atoms. The Balaban J connectivity index is 1.98. The zero-order chi connectivity index (χ0) is 14.7. The minimum atomic E-state index is -0.471. The Morgan fingerprint density at radius 3 is 1.43 bits per heavy atom. The first-order chi connectivity index (χ1) is 10.3. The number of hydrogen-bond acceptors (Lipinski definition) is 2. The molecule has 0 amide bonds. The highest BCUT2D eigenvalue weighted by Gasteiger charge is 2.46. The van der Waals surface area contributed by atoms with Gasteiger partial charge in [0.25, 0.3) is 0 Å². The van der Waals surface area contributed by atoms with Crippen molar-refractivity contribution in [3.63, 3.8) is 0 Å². The van der Waals surface area contributed by atoms with Crippen molar-refractivity contribution < 1.29 is 9.47 Å². The van der Waals surface area contributed by atoms with Gasteiger partial charge in [0.05, 0.1) is 0 Å². The van der Waals surface area contributed by atoms with E-state index < -0.39 is 5.79 Å². The second-order valence-corrected chi connectivity index (χ2v) is 5.52. The smallest absolute Gasteiger partial charge is 0.169 e. The van der Waals surface area contributed by atoms with Crippen molar-refractivity contribution in [3.8, 4) is 0 Å². The third kappa shape index (κ3) is 2.74. The van der Waals surface area contributed by atoms with Gasteiger partial charge in [0.2, 0.25) is 0 Å². The van der Waals surface area contributed by atoms with Gasteiger partial charge in [0, 0.05) is 0 Å². The topological polar surface area (TPSA) is 18.5 Å². The lowest BCUT2D eigenvalue weighted by Gasteiger charge is -2.25. The summed E-state index contributed by atoms with van der Waals surface area (Å²) in [5, 5.41) is 0. The summed E-state index contributed by atoms with van der Waals surface area (Å²) in [6.45, 7) is 4.25. The standard InChI is InChI=1S/C19H22O2/c1-3-19(4-2)20-17(15-11-7-5-8-12-15)18(21-19)16-13-9-6-10-14-16/h5-14,17-18H,3-4H2,1-2H3/t17-,18-/m0/s1. The molecule has 0 N–H and O–H groups in total. The van der Waals surface area contributed by atoms with Gasteiger partial charge in [-0.3, -0.25) is 0 Å². The van der Waals surface area contributed by atoms with Gasteiger partial charge in [0.1, 0.15) is 12.2 Å². The molecular formula is C19H22O2. The van der Waals surface area contributed by atoms with Gasteiger partial charge in [-0.2, -0.15) is 0 Å². The monoisotopic (exact) mass is 282 g/mol. The van der Waals surface area contributed by atoms with Crippen LogP contribution in [0.4, 0.5) is 0 Å². The van der Waals surface area contributed by atoms with Crippen LogP contribution < -0.4 is 0 Å². The van der Waals surface area contributed by atoms with Crippen LogP contribution in [0.1, 0.15) is 50.0 Å². The van der Waals surface area contributed by atoms with Crippen LogP contribution in [-0.4, -0.2) is 5.79 Å². The van der Waals surface area contributed by atoms with E-state index in [0.29, 0.717) is 0 Å². The Hall–Kier alpha value is -1.64. The maximum absolute atomic E-state index is 6.38. The molecule has 2 heteroatoms. The zero-order valence-corrected chi connectivity index (χ0v) is 12.7. The van der Waals surface area contributed by atoms with E-state index >= 15 is 0 Å². The van der Waals surface area contributed by atoms with E-state index in [1.165, 1.54) is 11.1 Å². The van der Waals surface area contributed by atoms with Crippen LogP contribution >= 0.6 is 0 Å². The minimum absolute atomic E-state index is 0.0477. The molecule has 3 rings (SSSR count). The molecule has 0 radical (unpaired) electrons. The highest BCUT2D eigenvalue weighted by molar-refractivity contribution is 5.26. The van der Waals surface area contributed by atoms with Crippen LogP contribution in [-0.2, 0) is 9.47 Å². The van der Waals surface area contributed by atoms with Gasteiger partial charge in [-0.15, -0.1) is 0 Å². The largest absolute Gasteiger partial charge is 0.339 e. The van der Waals surface area contributed by atoms with Gasteiger partial charge in [-0.1, -0.05) is 74.5 Å². The van der Waals surface area contributed by atoms with Crippen molar-refractivity contribution in [2.24, 2.45) is 0 Å². The van der Waals surface area contributed by atoms with Crippen molar-refractivity contribution in [1.82, 2.24) is 0 Å². The fraction of sp³-hybridized carbons (Fsp3) is 0.368. The molecule has 1 aliphatic rings. The van der Waals surface area contributed by atoms with Crippen molar-refractivity contribution in [1.29, 1.82) is 0 Å². The molecule has 0 unspecified atom stereocenters. The van der Waals surface area contributed by atoms with Gasteiger partial charge in [-0.05, 0) is 24.0 Å². The molecule has 1 heterocycles. The second kappa shape index (κ2) is 6.00. The van der Waals surface area contributed by atoms with E-state index in [9.17, 15) is 0 Å². The van der Waals surface area contributed by atoms with Crippen LogP contribution in [0.15, 0.2) is 60.7 Å². The third-order valence-electron chi connectivity index (χ3n) is 4.29. The van der Waals surface area contributed by atoms with Crippen LogP contribution in [0.3, 0.4) is 0 Å². The molecule has 1 saturated heterocycles. The molecule has 0 spiro atoms. The summed E-state index contributed by atoms with van der Waals surface area (Å²) in [7, 11) is 0. The Morgan fingerprint density at radius 1 is 0.714 bits per heavy atom. The summed E-state index contributed by atoms with van der Waals surface area (Å²) < 4.78 is 12.8. The summed E-state index contributed by atoms with van der Waals surface area (Å²) in [6, 6.07) is 20.7. The molecule has 0 aromatic heterocycles. The predicted molar refractivity (Wildman–Crippen MR) is 83.8 cm³/mol. The van der Waals surface area contributed by atoms with Crippen LogP contribution in [0.2, 0.25) is 0 Å². The minimum Gasteiger partial charge on any atom is -0.339 e. The van der Waals surface area contributed by atoms with Crippen LogP contribution in [0.5, 0.6) is 0 Å². The van der Waals surface area contributed by atoms with E-state index in [1.807, 2.05) is 12.1 Å². The maximum Gasteiger partial charge on any atom is 0.169 e. The van der Waals surface area contributed by atoms with Gasteiger partial charge in [-0.25, -0.2) is 0 Å². The summed E-state index contributed by atoms with van der Waals surface area (Å²) in [5.41, 5.74) is 2.35. The lowest BCUT2D eigenvalue weighted by Crippen LogP contribution is -2.28. The lowest BCUT2D eigenvalue weighted by atomic mass is 9.99. The summed E-state index contributed by atoms with van der Waals surface area (Å²) >= 11 is 0. The highest BCUT2D eigenvalue weighted by atomic mass is 16.8. The second-order valence-electron chi connectivity index (χ2n) is 5.52. The average molecular weight is 282 g/mol. The molecule has 0 bridgehead atoms. The van der Waals surface area contributed by atoms with E-state index in [0.717, 1.165) is 12.8 Å². The van der Waals surface area contributed by atoms with E-state index in [4.69, 9.17) is 9.47 Å². The van der Waals surface area contributed by atoms with E-state index in [2.05, 4.69) is 62.4 Å². The maximum atomic E-state index is 6.38. The number of hydrogen-bond donors (Lipinski definition) is 0. The Bertz CT molecular complexity index is 511. The van der Waals surface area contributed by atoms with Crippen LogP contribution in [0.25, 0.3) is 0 Å². The van der Waals surface area contributed by atoms with E-state index in [-0.39, 0.29) is 12.2 Å². The molecule has 2 aromatic rings. The molecule has 0 saturated carbocycles. The Morgan fingerprint density at radius 2 is 1.10 bits per heavy atom. The normalized spacial score (nSPS) is 24.1. The quantitative estimate of drug-likeness (QED) is 0.782. The molecule has 1 fully saturated rings. The van der Waals surface area contributed by atoms with Crippen molar-refractivity contribution >= 4 is 0 Å². The molecule has 2 aromatic carbocycles. The molecular weight excluding hydrogens is 260 g/mol. The molecule has 0 aliphatic carbocycles. The first kappa shape index (κ1) is 14.3. The fourth-order valence-electron chi connectivity index (χ4n) is 2.97. The SMILES string of the molecule is CCC1(CC)O[C@@H](c2ccccc2)[C@H](c2ccccc2)O1. The fourth-order valence-corrected chi connectivity index (χ4v) is 2.97. The van der Waals surface area contributed by atoms with Gasteiger partial charge >= 0.3 is 0 Å². The Labute approximate surface area is 126 Å². The van der Waals surface area contributed by atoms with Crippen LogP contribution in [0, 0.1) is 0 Å². The number of ether oxygens (including phenoxy) is 2. The summed E-state index contributed by atoms with van der Waals surface area (Å²) in [5.74, 6) is -0.471. The first-order valence-electron chi connectivity index (χ1n) is 7.73. The summed E-state index contributed by atoms with van der Waals surface area (Å²) in [6.07, 6.45) is 1.62. The number of rotatable bonds is 4. The van der Waals surface area contributed by atoms with Crippen molar-refractivity contribution in [2.45, 2.75) is 44.7 Å². The lowest BCUT2D eigenvalue weighted by molar-refractivity contribution is -0.180. The Kier molecular flexibility index (Phi) is 4.09. The third-order valence-corrected chi connectivity index (χ3v) is 4.29. The molecule has 1 aliphatic heterocycles. The average Bonchev–Trinajstić information content (AvgIpc) is 2.97. The number of benzene rings is 2. The van der Waals surface area contributed by atoms with Crippen molar-refractivity contribution in [2.75, 3.05) is 0 Å².